The largest absolute Gasteiger partial charge is 0.479 e. The van der Waals surface area contributed by atoms with E-state index in [2.05, 4.69) is 4.98 Å². The molecular weight excluding hydrogens is 432 g/mol. The fourth-order valence-electron chi connectivity index (χ4n) is 3.09. The molecule has 0 saturated carbocycles. The van der Waals surface area contributed by atoms with E-state index in [9.17, 15) is 13.6 Å². The SMILES string of the molecule is CCC(Oc1nc(Oc2cc(-c3cccc(CN)c3)cc(N(C)C)c2)c(F)cc1F)C(=O)O. The van der Waals surface area contributed by atoms with E-state index >= 15 is 0 Å². The molecule has 0 aliphatic carbocycles. The third-order valence-corrected chi connectivity index (χ3v) is 4.88. The number of halogens is 2. The van der Waals surface area contributed by atoms with Crippen molar-refractivity contribution < 1.29 is 28.2 Å². The van der Waals surface area contributed by atoms with Crippen LogP contribution in [0.5, 0.6) is 17.5 Å². The molecule has 0 fully saturated rings. The standard InChI is InChI=1S/C24H25F2N3O4/c1-4-21(24(30)31)33-23-20(26)12-19(25)22(28-23)32-18-10-16(9-17(11-18)29(2)3)15-7-5-6-14(8-15)13-27/h5-12,21H,4,13,27H2,1-3H3,(H,30,31). The van der Waals surface area contributed by atoms with Crippen molar-refractivity contribution in [1.29, 1.82) is 0 Å². The molecule has 3 aromatic rings. The van der Waals surface area contributed by atoms with Gasteiger partial charge in [0.15, 0.2) is 17.7 Å². The lowest BCUT2D eigenvalue weighted by Crippen LogP contribution is -2.26. The molecule has 1 heterocycles. The van der Waals surface area contributed by atoms with Gasteiger partial charge < -0.3 is 25.2 Å². The maximum Gasteiger partial charge on any atom is 0.344 e. The van der Waals surface area contributed by atoms with Crippen LogP contribution >= 0.6 is 0 Å². The normalized spacial score (nSPS) is 11.7. The quantitative estimate of drug-likeness (QED) is 0.485. The first-order valence-corrected chi connectivity index (χ1v) is 10.3. The summed E-state index contributed by atoms with van der Waals surface area (Å²) in [6, 6.07) is 13.5. The van der Waals surface area contributed by atoms with E-state index in [1.165, 1.54) is 0 Å². The van der Waals surface area contributed by atoms with Crippen LogP contribution in [0.4, 0.5) is 14.5 Å². The summed E-state index contributed by atoms with van der Waals surface area (Å²) in [6.07, 6.45) is -1.26. The molecule has 0 amide bonds. The first kappa shape index (κ1) is 23.9. The molecule has 33 heavy (non-hydrogen) atoms. The number of hydrogen-bond donors (Lipinski definition) is 2. The van der Waals surface area contributed by atoms with E-state index in [-0.39, 0.29) is 12.2 Å². The van der Waals surface area contributed by atoms with E-state index in [4.69, 9.17) is 20.3 Å². The summed E-state index contributed by atoms with van der Waals surface area (Å²) in [7, 11) is 3.69. The molecule has 2 aromatic carbocycles. The topological polar surface area (TPSA) is 97.9 Å². The summed E-state index contributed by atoms with van der Waals surface area (Å²) in [5, 5.41) is 9.15. The fourth-order valence-corrected chi connectivity index (χ4v) is 3.09. The summed E-state index contributed by atoms with van der Waals surface area (Å²) in [4.78, 5) is 16.8. The number of anilines is 1. The van der Waals surface area contributed by atoms with Crippen LogP contribution in [-0.4, -0.2) is 36.3 Å². The number of benzene rings is 2. The average molecular weight is 457 g/mol. The molecule has 1 atom stereocenters. The number of carbonyl (C=O) groups is 1. The lowest BCUT2D eigenvalue weighted by molar-refractivity contribution is -0.145. The van der Waals surface area contributed by atoms with E-state index < -0.39 is 35.5 Å². The molecule has 0 bridgehead atoms. The Kier molecular flexibility index (Phi) is 7.44. The number of ether oxygens (including phenoxy) is 2. The molecule has 1 aromatic heterocycles. The van der Waals surface area contributed by atoms with Gasteiger partial charge in [-0.3, -0.25) is 0 Å². The van der Waals surface area contributed by atoms with Crippen LogP contribution in [0.3, 0.4) is 0 Å². The third-order valence-electron chi connectivity index (χ3n) is 4.88. The zero-order chi connectivity index (χ0) is 24.1. The number of aromatic nitrogens is 1. The summed E-state index contributed by atoms with van der Waals surface area (Å²) < 4.78 is 39.4. The van der Waals surface area contributed by atoms with Gasteiger partial charge in [0.05, 0.1) is 0 Å². The van der Waals surface area contributed by atoms with Crippen molar-refractivity contribution in [3.05, 3.63) is 65.7 Å². The van der Waals surface area contributed by atoms with Crippen molar-refractivity contribution >= 4 is 11.7 Å². The Morgan fingerprint density at radius 2 is 1.82 bits per heavy atom. The highest BCUT2D eigenvalue weighted by Crippen LogP contribution is 2.34. The summed E-state index contributed by atoms with van der Waals surface area (Å²) in [6.45, 7) is 1.94. The van der Waals surface area contributed by atoms with Crippen molar-refractivity contribution in [2.24, 2.45) is 5.73 Å². The van der Waals surface area contributed by atoms with Gasteiger partial charge in [-0.1, -0.05) is 25.1 Å². The third kappa shape index (κ3) is 5.75. The number of rotatable bonds is 9. The van der Waals surface area contributed by atoms with Crippen LogP contribution in [0.15, 0.2) is 48.5 Å². The highest BCUT2D eigenvalue weighted by molar-refractivity contribution is 5.73. The van der Waals surface area contributed by atoms with Crippen molar-refractivity contribution in [3.8, 4) is 28.6 Å². The average Bonchev–Trinajstić information content (AvgIpc) is 2.79. The number of aliphatic carboxylic acids is 1. The molecule has 3 N–H and O–H groups in total. The lowest BCUT2D eigenvalue weighted by Gasteiger charge is -2.17. The van der Waals surface area contributed by atoms with Gasteiger partial charge in [-0.25, -0.2) is 13.6 Å². The van der Waals surface area contributed by atoms with E-state index in [0.29, 0.717) is 12.6 Å². The zero-order valence-corrected chi connectivity index (χ0v) is 18.5. The number of hydrogen-bond acceptors (Lipinski definition) is 6. The van der Waals surface area contributed by atoms with E-state index in [1.54, 1.807) is 19.1 Å². The predicted molar refractivity (Wildman–Crippen MR) is 121 cm³/mol. The second-order valence-electron chi connectivity index (χ2n) is 7.53. The van der Waals surface area contributed by atoms with Gasteiger partial charge in [0.25, 0.3) is 11.8 Å². The lowest BCUT2D eigenvalue weighted by atomic mass is 10.0. The van der Waals surface area contributed by atoms with Gasteiger partial charge >= 0.3 is 5.97 Å². The van der Waals surface area contributed by atoms with Crippen molar-refractivity contribution in [3.63, 3.8) is 0 Å². The Labute approximate surface area is 190 Å². The molecule has 3 rings (SSSR count). The highest BCUT2D eigenvalue weighted by Gasteiger charge is 2.22. The van der Waals surface area contributed by atoms with Crippen molar-refractivity contribution in [2.75, 3.05) is 19.0 Å². The van der Waals surface area contributed by atoms with Gasteiger partial charge in [0, 0.05) is 38.5 Å². The molecule has 0 radical (unpaired) electrons. The maximum atomic E-state index is 14.5. The van der Waals surface area contributed by atoms with Gasteiger partial charge in [0.1, 0.15) is 5.75 Å². The minimum absolute atomic E-state index is 0.0696. The summed E-state index contributed by atoms with van der Waals surface area (Å²) in [5.74, 6) is -4.40. The molecule has 174 valence electrons. The van der Waals surface area contributed by atoms with Gasteiger partial charge in [-0.2, -0.15) is 4.98 Å². The van der Waals surface area contributed by atoms with Crippen LogP contribution in [0.25, 0.3) is 11.1 Å². The van der Waals surface area contributed by atoms with E-state index in [0.717, 1.165) is 22.4 Å². The molecular formula is C24H25F2N3O4. The Morgan fingerprint density at radius 1 is 1.09 bits per heavy atom. The number of carboxylic acids is 1. The molecule has 0 spiro atoms. The smallest absolute Gasteiger partial charge is 0.344 e. The second kappa shape index (κ2) is 10.3. The van der Waals surface area contributed by atoms with Crippen LogP contribution in [0.1, 0.15) is 18.9 Å². The molecule has 0 saturated heterocycles. The van der Waals surface area contributed by atoms with Crippen LogP contribution in [0, 0.1) is 11.6 Å². The Bertz CT molecular complexity index is 1150. The summed E-state index contributed by atoms with van der Waals surface area (Å²) in [5.41, 5.74) is 9.15. The number of nitrogens with zero attached hydrogens (tertiary/aromatic N) is 2. The van der Waals surface area contributed by atoms with Crippen molar-refractivity contribution in [1.82, 2.24) is 4.98 Å². The predicted octanol–water partition coefficient (Wildman–Crippen LogP) is 4.59. The number of pyridine rings is 1. The minimum atomic E-state index is -1.33. The minimum Gasteiger partial charge on any atom is -0.479 e. The number of carboxylic acid groups (broad SMARTS) is 1. The number of nitrogens with two attached hydrogens (primary N) is 1. The monoisotopic (exact) mass is 457 g/mol. The molecule has 0 aliphatic rings. The van der Waals surface area contributed by atoms with E-state index in [1.807, 2.05) is 49.3 Å². The van der Waals surface area contributed by atoms with Crippen molar-refractivity contribution in [2.45, 2.75) is 26.0 Å². The molecule has 1 unspecified atom stereocenters. The fraction of sp³-hybridized carbons (Fsp3) is 0.250. The molecule has 9 heteroatoms. The zero-order valence-electron chi connectivity index (χ0n) is 18.5. The first-order valence-electron chi connectivity index (χ1n) is 10.3. The Hall–Kier alpha value is -3.72. The molecule has 7 nitrogen and oxygen atoms in total. The van der Waals surface area contributed by atoms with Gasteiger partial charge in [-0.15, -0.1) is 0 Å². The Morgan fingerprint density at radius 3 is 2.45 bits per heavy atom. The highest BCUT2D eigenvalue weighted by atomic mass is 19.1. The first-order chi connectivity index (χ1) is 15.7. The molecule has 0 aliphatic heterocycles. The van der Waals surface area contributed by atoms with Gasteiger partial charge in [0.2, 0.25) is 0 Å². The van der Waals surface area contributed by atoms with Crippen LogP contribution in [0.2, 0.25) is 0 Å². The van der Waals surface area contributed by atoms with Crippen LogP contribution < -0.4 is 20.1 Å². The summed E-state index contributed by atoms with van der Waals surface area (Å²) >= 11 is 0. The maximum absolute atomic E-state index is 14.5. The Balaban J connectivity index is 2.01. The second-order valence-corrected chi connectivity index (χ2v) is 7.53. The van der Waals surface area contributed by atoms with Gasteiger partial charge in [-0.05, 0) is 41.3 Å². The van der Waals surface area contributed by atoms with Crippen LogP contribution in [-0.2, 0) is 11.3 Å².